The van der Waals surface area contributed by atoms with Gasteiger partial charge in [-0.25, -0.2) is 0 Å². The van der Waals surface area contributed by atoms with Crippen LogP contribution in [0.1, 0.15) is 55.6 Å². The Morgan fingerprint density at radius 1 is 1.38 bits per heavy atom. The Bertz CT molecular complexity index is 517. The number of rotatable bonds is 6. The summed E-state index contributed by atoms with van der Waals surface area (Å²) < 4.78 is 1.94. The summed E-state index contributed by atoms with van der Waals surface area (Å²) in [7, 11) is 0. The predicted octanol–water partition coefficient (Wildman–Crippen LogP) is 1.66. The molecule has 2 atom stereocenters. The molecule has 0 bridgehead atoms. The molecular formula is C18H31N5O. The first kappa shape index (κ1) is 17.4. The number of amides is 1. The van der Waals surface area contributed by atoms with Crippen molar-refractivity contribution in [1.82, 2.24) is 25.3 Å². The molecule has 0 aliphatic carbocycles. The average molecular weight is 333 g/mol. The lowest BCUT2D eigenvalue weighted by Gasteiger charge is -2.29. The molecule has 2 saturated heterocycles. The topological polar surface area (TPSA) is 62.2 Å². The highest BCUT2D eigenvalue weighted by Gasteiger charge is 2.18. The van der Waals surface area contributed by atoms with Gasteiger partial charge in [0.2, 0.25) is 0 Å². The highest BCUT2D eigenvalue weighted by Crippen LogP contribution is 2.16. The van der Waals surface area contributed by atoms with Gasteiger partial charge in [-0.15, -0.1) is 0 Å². The molecule has 1 amide bonds. The second-order valence-corrected chi connectivity index (χ2v) is 7.36. The summed E-state index contributed by atoms with van der Waals surface area (Å²) in [5.74, 6) is 0.416. The molecule has 2 aliphatic rings. The number of carbonyl (C=O) groups is 1. The van der Waals surface area contributed by atoms with Gasteiger partial charge in [0.15, 0.2) is 0 Å². The summed E-state index contributed by atoms with van der Waals surface area (Å²) in [6.07, 6.45) is 8.21. The summed E-state index contributed by atoms with van der Waals surface area (Å²) >= 11 is 0. The van der Waals surface area contributed by atoms with Gasteiger partial charge in [0, 0.05) is 25.8 Å². The van der Waals surface area contributed by atoms with Crippen molar-refractivity contribution in [2.75, 3.05) is 39.3 Å². The lowest BCUT2D eigenvalue weighted by atomic mass is 10.1. The average Bonchev–Trinajstić information content (AvgIpc) is 3.11. The van der Waals surface area contributed by atoms with E-state index < -0.39 is 0 Å². The third kappa shape index (κ3) is 4.80. The van der Waals surface area contributed by atoms with Crippen LogP contribution in [0.3, 0.4) is 0 Å². The van der Waals surface area contributed by atoms with Crippen molar-refractivity contribution in [3.63, 3.8) is 0 Å². The van der Waals surface area contributed by atoms with Crippen molar-refractivity contribution >= 4 is 5.91 Å². The fourth-order valence-electron chi connectivity index (χ4n) is 3.73. The zero-order valence-corrected chi connectivity index (χ0v) is 14.8. The molecule has 2 unspecified atom stereocenters. The van der Waals surface area contributed by atoms with E-state index >= 15 is 0 Å². The van der Waals surface area contributed by atoms with Crippen molar-refractivity contribution < 1.29 is 4.79 Å². The van der Waals surface area contributed by atoms with Crippen molar-refractivity contribution in [3.8, 4) is 0 Å². The highest BCUT2D eigenvalue weighted by atomic mass is 16.1. The van der Waals surface area contributed by atoms with E-state index in [1.165, 1.54) is 38.8 Å². The monoisotopic (exact) mass is 333 g/mol. The summed E-state index contributed by atoms with van der Waals surface area (Å²) in [5, 5.41) is 10.9. The van der Waals surface area contributed by atoms with Gasteiger partial charge in [-0.1, -0.05) is 13.3 Å². The third-order valence-electron chi connectivity index (χ3n) is 5.12. The number of likely N-dealkylation sites (tertiary alicyclic amines) is 1. The molecule has 6 heteroatoms. The maximum absolute atomic E-state index is 12.3. The number of hydrogen-bond acceptors (Lipinski definition) is 4. The lowest BCUT2D eigenvalue weighted by Crippen LogP contribution is -2.38. The van der Waals surface area contributed by atoms with Crippen LogP contribution in [0.2, 0.25) is 0 Å². The van der Waals surface area contributed by atoms with Crippen LogP contribution in [0.15, 0.2) is 12.3 Å². The first-order chi connectivity index (χ1) is 11.7. The minimum atomic E-state index is -0.0528. The molecule has 24 heavy (non-hydrogen) atoms. The van der Waals surface area contributed by atoms with E-state index in [9.17, 15) is 4.79 Å². The van der Waals surface area contributed by atoms with Gasteiger partial charge in [-0.05, 0) is 57.3 Å². The van der Waals surface area contributed by atoms with Crippen molar-refractivity contribution in [1.29, 1.82) is 0 Å². The predicted molar refractivity (Wildman–Crippen MR) is 95.2 cm³/mol. The minimum absolute atomic E-state index is 0.0528. The number of hydrogen-bond donors (Lipinski definition) is 2. The Morgan fingerprint density at radius 3 is 2.96 bits per heavy atom. The van der Waals surface area contributed by atoms with E-state index in [1.54, 1.807) is 0 Å². The molecule has 0 radical (unpaired) electrons. The number of nitrogens with one attached hydrogen (secondary N) is 2. The molecule has 2 aliphatic heterocycles. The van der Waals surface area contributed by atoms with Crippen LogP contribution < -0.4 is 10.6 Å². The number of carbonyl (C=O) groups excluding carboxylic acids is 1. The standard InChI is InChI=1S/C18H31N5O/c1-15(14-22-9-3-2-4-10-22)12-20-18(24)17-7-11-23(21-17)16-6-5-8-19-13-16/h7,11,15-16,19H,2-6,8-10,12-14H2,1H3,(H,20,24). The van der Waals surface area contributed by atoms with Crippen LogP contribution in [-0.4, -0.2) is 59.9 Å². The fraction of sp³-hybridized carbons (Fsp3) is 0.778. The van der Waals surface area contributed by atoms with Crippen molar-refractivity contribution in [3.05, 3.63) is 18.0 Å². The molecule has 3 heterocycles. The molecule has 0 aromatic carbocycles. The van der Waals surface area contributed by atoms with Crippen LogP contribution in [-0.2, 0) is 0 Å². The maximum Gasteiger partial charge on any atom is 0.271 e. The van der Waals surface area contributed by atoms with E-state index in [-0.39, 0.29) is 5.91 Å². The first-order valence-electron chi connectivity index (χ1n) is 9.49. The Balaban J connectivity index is 1.43. The molecule has 1 aromatic rings. The van der Waals surface area contributed by atoms with Gasteiger partial charge in [0.1, 0.15) is 5.69 Å². The molecule has 1 aromatic heterocycles. The van der Waals surface area contributed by atoms with Gasteiger partial charge in [-0.2, -0.15) is 5.10 Å². The maximum atomic E-state index is 12.3. The van der Waals surface area contributed by atoms with Gasteiger partial charge < -0.3 is 15.5 Å². The molecule has 2 N–H and O–H groups in total. The second-order valence-electron chi connectivity index (χ2n) is 7.36. The van der Waals surface area contributed by atoms with Crippen molar-refractivity contribution in [2.24, 2.45) is 5.92 Å². The Hall–Kier alpha value is -1.40. The summed E-state index contributed by atoms with van der Waals surface area (Å²) in [6, 6.07) is 2.21. The molecule has 2 fully saturated rings. The van der Waals surface area contributed by atoms with E-state index in [2.05, 4.69) is 27.6 Å². The van der Waals surface area contributed by atoms with E-state index in [1.807, 2.05) is 16.9 Å². The minimum Gasteiger partial charge on any atom is -0.350 e. The van der Waals surface area contributed by atoms with Crippen LogP contribution >= 0.6 is 0 Å². The molecule has 3 rings (SSSR count). The molecule has 134 valence electrons. The van der Waals surface area contributed by atoms with Crippen LogP contribution in [0, 0.1) is 5.92 Å². The quantitative estimate of drug-likeness (QED) is 0.831. The number of nitrogens with zero attached hydrogens (tertiary/aromatic N) is 3. The Morgan fingerprint density at radius 2 is 2.21 bits per heavy atom. The first-order valence-corrected chi connectivity index (χ1v) is 9.49. The zero-order valence-electron chi connectivity index (χ0n) is 14.8. The van der Waals surface area contributed by atoms with Gasteiger partial charge in [0.05, 0.1) is 6.04 Å². The van der Waals surface area contributed by atoms with Crippen LogP contribution in [0.4, 0.5) is 0 Å². The molecule has 0 saturated carbocycles. The molecular weight excluding hydrogens is 302 g/mol. The third-order valence-corrected chi connectivity index (χ3v) is 5.12. The van der Waals surface area contributed by atoms with Crippen molar-refractivity contribution in [2.45, 2.75) is 45.1 Å². The van der Waals surface area contributed by atoms with E-state index in [0.29, 0.717) is 24.2 Å². The SMILES string of the molecule is CC(CNC(=O)c1ccn(C2CCCNC2)n1)CN1CCCCC1. The highest BCUT2D eigenvalue weighted by molar-refractivity contribution is 5.92. The Kier molecular flexibility index (Phi) is 6.26. The summed E-state index contributed by atoms with van der Waals surface area (Å²) in [6.45, 7) is 8.43. The summed E-state index contributed by atoms with van der Waals surface area (Å²) in [5.41, 5.74) is 0.533. The fourth-order valence-corrected chi connectivity index (χ4v) is 3.73. The van der Waals surface area contributed by atoms with Crippen LogP contribution in [0.25, 0.3) is 0 Å². The van der Waals surface area contributed by atoms with E-state index in [4.69, 9.17) is 0 Å². The smallest absolute Gasteiger partial charge is 0.271 e. The Labute approximate surface area is 145 Å². The number of aromatic nitrogens is 2. The van der Waals surface area contributed by atoms with Gasteiger partial charge >= 0.3 is 0 Å². The number of piperidine rings is 2. The zero-order chi connectivity index (χ0) is 16.8. The molecule has 6 nitrogen and oxygen atoms in total. The summed E-state index contributed by atoms with van der Waals surface area (Å²) in [4.78, 5) is 14.8. The van der Waals surface area contributed by atoms with Crippen LogP contribution in [0.5, 0.6) is 0 Å². The van der Waals surface area contributed by atoms with Gasteiger partial charge in [-0.3, -0.25) is 9.48 Å². The van der Waals surface area contributed by atoms with E-state index in [0.717, 1.165) is 26.1 Å². The van der Waals surface area contributed by atoms with Gasteiger partial charge in [0.25, 0.3) is 5.91 Å². The normalized spacial score (nSPS) is 23.8. The largest absolute Gasteiger partial charge is 0.350 e. The second kappa shape index (κ2) is 8.62. The molecule has 0 spiro atoms. The lowest BCUT2D eigenvalue weighted by molar-refractivity contribution is 0.0936.